The van der Waals surface area contributed by atoms with Crippen LogP contribution < -0.4 is 0 Å². The lowest BCUT2D eigenvalue weighted by Gasteiger charge is -2.34. The summed E-state index contributed by atoms with van der Waals surface area (Å²) in [5.74, 6) is 1.63. The van der Waals surface area contributed by atoms with Gasteiger partial charge in [-0.15, -0.1) is 0 Å². The highest BCUT2D eigenvalue weighted by Gasteiger charge is 2.31. The Kier molecular flexibility index (Phi) is 4.38. The van der Waals surface area contributed by atoms with Crippen molar-refractivity contribution in [3.63, 3.8) is 0 Å². The molecule has 0 bridgehead atoms. The molecule has 0 radical (unpaired) electrons. The number of rotatable bonds is 3. The molecule has 0 aromatic carbocycles. The summed E-state index contributed by atoms with van der Waals surface area (Å²) >= 11 is 0. The number of morpholine rings is 1. The second-order valence-corrected chi connectivity index (χ2v) is 6.03. The second-order valence-electron chi connectivity index (χ2n) is 6.03. The number of amides is 1. The third-order valence-corrected chi connectivity index (χ3v) is 3.86. The Morgan fingerprint density at radius 1 is 1.30 bits per heavy atom. The van der Waals surface area contributed by atoms with E-state index in [1.807, 2.05) is 20.8 Å². The van der Waals surface area contributed by atoms with Crippen LogP contribution in [-0.2, 0) is 4.74 Å². The van der Waals surface area contributed by atoms with Crippen molar-refractivity contribution in [3.05, 3.63) is 41.5 Å². The Morgan fingerprint density at radius 2 is 2.04 bits per heavy atom. The number of hydrogen-bond acceptors (Lipinski definition) is 5. The van der Waals surface area contributed by atoms with E-state index in [4.69, 9.17) is 4.74 Å². The number of ether oxygens (including phenoxy) is 1. The average molecular weight is 315 g/mol. The van der Waals surface area contributed by atoms with E-state index in [9.17, 15) is 4.79 Å². The van der Waals surface area contributed by atoms with Crippen molar-refractivity contribution in [1.82, 2.24) is 24.8 Å². The van der Waals surface area contributed by atoms with Gasteiger partial charge in [0.25, 0.3) is 5.91 Å². The van der Waals surface area contributed by atoms with Crippen molar-refractivity contribution in [3.8, 4) is 0 Å². The molecular weight excluding hydrogens is 294 g/mol. The number of aromatic amines is 1. The fraction of sp³-hybridized carbons (Fsp3) is 0.500. The standard InChI is InChI=1S/C16H21N5O2/c1-10(2)14-18-7-12(8-19-14)16(22)21-4-5-23-9-13(21)15-17-6-11(3)20-15/h6-8,10,13H,4-5,9H2,1-3H3,(H,17,20)/t13-/m0/s1. The van der Waals surface area contributed by atoms with Crippen molar-refractivity contribution in [1.29, 1.82) is 0 Å². The number of imidazole rings is 1. The van der Waals surface area contributed by atoms with Gasteiger partial charge in [-0.1, -0.05) is 13.8 Å². The maximum absolute atomic E-state index is 12.8. The minimum atomic E-state index is -0.213. The van der Waals surface area contributed by atoms with E-state index in [-0.39, 0.29) is 17.9 Å². The lowest BCUT2D eigenvalue weighted by atomic mass is 10.1. The van der Waals surface area contributed by atoms with E-state index < -0.39 is 0 Å². The van der Waals surface area contributed by atoms with Crippen molar-refractivity contribution in [2.24, 2.45) is 0 Å². The first-order valence-corrected chi connectivity index (χ1v) is 7.78. The Bertz CT molecular complexity index is 680. The number of aryl methyl sites for hydroxylation is 1. The van der Waals surface area contributed by atoms with E-state index >= 15 is 0 Å². The molecule has 0 aliphatic carbocycles. The largest absolute Gasteiger partial charge is 0.377 e. The minimum absolute atomic E-state index is 0.0948. The number of H-pyrrole nitrogens is 1. The highest BCUT2D eigenvalue weighted by molar-refractivity contribution is 5.94. The summed E-state index contributed by atoms with van der Waals surface area (Å²) in [5, 5.41) is 0. The minimum Gasteiger partial charge on any atom is -0.377 e. The summed E-state index contributed by atoms with van der Waals surface area (Å²) in [4.78, 5) is 30.7. The molecule has 0 saturated carbocycles. The topological polar surface area (TPSA) is 84.0 Å². The summed E-state index contributed by atoms with van der Waals surface area (Å²) in [6.07, 6.45) is 4.96. The molecule has 3 rings (SSSR count). The summed E-state index contributed by atoms with van der Waals surface area (Å²) in [5.41, 5.74) is 1.45. The van der Waals surface area contributed by atoms with Crippen molar-refractivity contribution < 1.29 is 9.53 Å². The van der Waals surface area contributed by atoms with E-state index in [2.05, 4.69) is 19.9 Å². The number of carbonyl (C=O) groups is 1. The molecule has 3 heterocycles. The molecule has 1 N–H and O–H groups in total. The predicted octanol–water partition coefficient (Wildman–Crippen LogP) is 1.85. The number of carbonyl (C=O) groups excluding carboxylic acids is 1. The Balaban J connectivity index is 1.83. The molecule has 7 heteroatoms. The molecule has 1 aliphatic heterocycles. The van der Waals surface area contributed by atoms with Crippen LogP contribution >= 0.6 is 0 Å². The normalized spacial score (nSPS) is 18.4. The Morgan fingerprint density at radius 3 is 2.65 bits per heavy atom. The number of hydrogen-bond donors (Lipinski definition) is 1. The van der Waals surface area contributed by atoms with Crippen LogP contribution in [0.25, 0.3) is 0 Å². The zero-order chi connectivity index (χ0) is 16.4. The summed E-state index contributed by atoms with van der Waals surface area (Å²) in [7, 11) is 0. The van der Waals surface area contributed by atoms with Gasteiger partial charge in [-0.05, 0) is 6.92 Å². The highest BCUT2D eigenvalue weighted by Crippen LogP contribution is 2.24. The first kappa shape index (κ1) is 15.6. The van der Waals surface area contributed by atoms with Crippen molar-refractivity contribution >= 4 is 5.91 Å². The van der Waals surface area contributed by atoms with Crippen LogP contribution in [0.3, 0.4) is 0 Å². The van der Waals surface area contributed by atoms with E-state index in [1.165, 1.54) is 0 Å². The lowest BCUT2D eigenvalue weighted by Crippen LogP contribution is -2.44. The molecule has 122 valence electrons. The zero-order valence-corrected chi connectivity index (χ0v) is 13.6. The monoisotopic (exact) mass is 315 g/mol. The van der Waals surface area contributed by atoms with Gasteiger partial charge < -0.3 is 14.6 Å². The maximum Gasteiger partial charge on any atom is 0.257 e. The molecule has 1 amide bonds. The smallest absolute Gasteiger partial charge is 0.257 e. The van der Waals surface area contributed by atoms with Crippen LogP contribution in [0.4, 0.5) is 0 Å². The summed E-state index contributed by atoms with van der Waals surface area (Å²) < 4.78 is 5.53. The van der Waals surface area contributed by atoms with Crippen LogP contribution in [0.1, 0.15) is 53.5 Å². The van der Waals surface area contributed by atoms with Crippen LogP contribution in [0.5, 0.6) is 0 Å². The van der Waals surface area contributed by atoms with Gasteiger partial charge in [-0.2, -0.15) is 0 Å². The third-order valence-electron chi connectivity index (χ3n) is 3.86. The fourth-order valence-electron chi connectivity index (χ4n) is 2.59. The van der Waals surface area contributed by atoms with E-state index in [1.54, 1.807) is 23.5 Å². The molecule has 2 aromatic rings. The fourth-order valence-corrected chi connectivity index (χ4v) is 2.59. The number of nitrogens with zero attached hydrogens (tertiary/aromatic N) is 4. The Hall–Kier alpha value is -2.28. The molecule has 23 heavy (non-hydrogen) atoms. The molecule has 2 aromatic heterocycles. The SMILES string of the molecule is Cc1cnc([C@@H]2COCCN2C(=O)c2cnc(C(C)C)nc2)[nH]1. The quantitative estimate of drug-likeness (QED) is 0.934. The van der Waals surface area contributed by atoms with E-state index in [0.717, 1.165) is 17.3 Å². The van der Waals surface area contributed by atoms with Gasteiger partial charge in [0.05, 0.1) is 18.8 Å². The number of aromatic nitrogens is 4. The molecule has 7 nitrogen and oxygen atoms in total. The van der Waals surface area contributed by atoms with Crippen LogP contribution in [0, 0.1) is 6.92 Å². The molecular formula is C16H21N5O2. The third kappa shape index (κ3) is 3.24. The Labute approximate surface area is 135 Å². The predicted molar refractivity (Wildman–Crippen MR) is 84.0 cm³/mol. The van der Waals surface area contributed by atoms with Crippen molar-refractivity contribution in [2.75, 3.05) is 19.8 Å². The van der Waals surface area contributed by atoms with Crippen LogP contribution in [0.15, 0.2) is 18.6 Å². The molecule has 1 saturated heterocycles. The molecule has 1 atom stereocenters. The average Bonchev–Trinajstić information content (AvgIpc) is 3.00. The van der Waals surface area contributed by atoms with Gasteiger partial charge in [0.15, 0.2) is 0 Å². The molecule has 1 aliphatic rings. The molecule has 0 spiro atoms. The highest BCUT2D eigenvalue weighted by atomic mass is 16.5. The van der Waals surface area contributed by atoms with Gasteiger partial charge in [-0.3, -0.25) is 4.79 Å². The van der Waals surface area contributed by atoms with Crippen LogP contribution in [-0.4, -0.2) is 50.5 Å². The van der Waals surface area contributed by atoms with Crippen LogP contribution in [0.2, 0.25) is 0 Å². The maximum atomic E-state index is 12.8. The van der Waals surface area contributed by atoms with Crippen molar-refractivity contribution in [2.45, 2.75) is 32.7 Å². The van der Waals surface area contributed by atoms with Gasteiger partial charge in [0.1, 0.15) is 17.7 Å². The summed E-state index contributed by atoms with van der Waals surface area (Å²) in [6, 6.07) is -0.213. The number of nitrogens with one attached hydrogen (secondary N) is 1. The van der Waals surface area contributed by atoms with E-state index in [0.29, 0.717) is 25.3 Å². The van der Waals surface area contributed by atoms with Gasteiger partial charge in [0.2, 0.25) is 0 Å². The molecule has 0 unspecified atom stereocenters. The molecule has 1 fully saturated rings. The lowest BCUT2D eigenvalue weighted by molar-refractivity contribution is -0.00506. The first-order valence-electron chi connectivity index (χ1n) is 7.78. The first-order chi connectivity index (χ1) is 11.1. The van der Waals surface area contributed by atoms with Gasteiger partial charge >= 0.3 is 0 Å². The summed E-state index contributed by atoms with van der Waals surface area (Å²) in [6.45, 7) is 7.46. The van der Waals surface area contributed by atoms with Gasteiger partial charge in [0, 0.05) is 36.7 Å². The zero-order valence-electron chi connectivity index (χ0n) is 13.6. The van der Waals surface area contributed by atoms with Gasteiger partial charge in [-0.25, -0.2) is 15.0 Å². The second kappa shape index (κ2) is 6.45.